The minimum Gasteiger partial charge on any atom is -0.208 e. The average molecular weight is 852 g/mol. The molecule has 13 rings (SSSR count). The number of hydrogen-bond acceptors (Lipinski definition) is 3. The highest BCUT2D eigenvalue weighted by Gasteiger charge is 2.46. The lowest BCUT2D eigenvalue weighted by molar-refractivity contribution is 0.768. The molecule has 0 bridgehead atoms. The van der Waals surface area contributed by atoms with Gasteiger partial charge in [-0.05, 0) is 106 Å². The van der Waals surface area contributed by atoms with Gasteiger partial charge in [0.15, 0.2) is 17.5 Å². The Morgan fingerprint density at radius 2 is 0.687 bits per heavy atom. The fourth-order valence-corrected chi connectivity index (χ4v) is 10.8. The molecule has 0 spiro atoms. The van der Waals surface area contributed by atoms with Crippen LogP contribution in [0.3, 0.4) is 0 Å². The first kappa shape index (κ1) is 38.6. The average Bonchev–Trinajstić information content (AvgIpc) is 3.72. The van der Waals surface area contributed by atoms with Crippen LogP contribution >= 0.6 is 0 Å². The second kappa shape index (κ2) is 15.7. The first-order chi connectivity index (χ1) is 33.2. The first-order valence-corrected chi connectivity index (χ1v) is 22.9. The Morgan fingerprint density at radius 1 is 0.239 bits per heavy atom. The molecule has 0 N–H and O–H groups in total. The van der Waals surface area contributed by atoms with Crippen LogP contribution in [0.5, 0.6) is 0 Å². The Kier molecular flexibility index (Phi) is 9.07. The van der Waals surface area contributed by atoms with E-state index in [1.165, 1.54) is 76.8 Å². The van der Waals surface area contributed by atoms with Gasteiger partial charge in [-0.1, -0.05) is 231 Å². The molecule has 11 aromatic carbocycles. The van der Waals surface area contributed by atoms with Crippen molar-refractivity contribution in [3.8, 4) is 67.5 Å². The smallest absolute Gasteiger partial charge is 0.164 e. The van der Waals surface area contributed by atoms with E-state index < -0.39 is 5.41 Å². The standard InChI is InChI=1S/C64H41N3/c1-5-19-42(20-6-1)61-65-62(43-21-7-2-8-22-43)67-63(66-61)47-24-17-23-44(39-47)45-35-37-55-56(40-45)52-30-14-13-29-51(52)54-33-18-32-50(60(54)55)46-36-38-59-57(41-46)53-31-15-16-34-58(53)64(59,48-25-9-3-10-26-48)49-27-11-4-12-28-49/h1-41H. The highest BCUT2D eigenvalue weighted by atomic mass is 15.0. The van der Waals surface area contributed by atoms with E-state index in [9.17, 15) is 0 Å². The molecule has 1 aliphatic rings. The van der Waals surface area contributed by atoms with Crippen LogP contribution in [-0.4, -0.2) is 15.0 Å². The minimum absolute atomic E-state index is 0.444. The normalized spacial score (nSPS) is 12.6. The lowest BCUT2D eigenvalue weighted by Crippen LogP contribution is -2.28. The van der Waals surface area contributed by atoms with E-state index >= 15 is 0 Å². The highest BCUT2D eigenvalue weighted by Crippen LogP contribution is 2.57. The monoisotopic (exact) mass is 851 g/mol. The fourth-order valence-electron chi connectivity index (χ4n) is 10.8. The predicted molar refractivity (Wildman–Crippen MR) is 277 cm³/mol. The van der Waals surface area contributed by atoms with Gasteiger partial charge in [-0.25, -0.2) is 15.0 Å². The zero-order valence-electron chi connectivity index (χ0n) is 36.5. The molecular formula is C64H41N3. The van der Waals surface area contributed by atoms with Gasteiger partial charge in [0.2, 0.25) is 0 Å². The summed E-state index contributed by atoms with van der Waals surface area (Å²) in [5, 5.41) is 7.42. The maximum atomic E-state index is 5.05. The van der Waals surface area contributed by atoms with Crippen LogP contribution in [0.25, 0.3) is 99.9 Å². The van der Waals surface area contributed by atoms with Crippen LogP contribution in [0.1, 0.15) is 22.3 Å². The quantitative estimate of drug-likeness (QED) is 0.150. The van der Waals surface area contributed by atoms with E-state index in [-0.39, 0.29) is 0 Å². The van der Waals surface area contributed by atoms with Gasteiger partial charge in [-0.3, -0.25) is 0 Å². The van der Waals surface area contributed by atoms with Crippen LogP contribution in [-0.2, 0) is 5.41 Å². The Bertz CT molecular complexity index is 3750. The van der Waals surface area contributed by atoms with Gasteiger partial charge in [0.1, 0.15) is 0 Å². The van der Waals surface area contributed by atoms with Crippen LogP contribution in [0.15, 0.2) is 249 Å². The van der Waals surface area contributed by atoms with Crippen LogP contribution in [0, 0.1) is 0 Å². The van der Waals surface area contributed by atoms with Crippen LogP contribution in [0.4, 0.5) is 0 Å². The molecule has 0 unspecified atom stereocenters. The Morgan fingerprint density at radius 3 is 1.36 bits per heavy atom. The molecule has 0 amide bonds. The molecule has 67 heavy (non-hydrogen) atoms. The second-order valence-corrected chi connectivity index (χ2v) is 17.4. The van der Waals surface area contributed by atoms with E-state index in [1.807, 2.05) is 60.7 Å². The molecule has 312 valence electrons. The van der Waals surface area contributed by atoms with Crippen LogP contribution < -0.4 is 0 Å². The molecule has 3 heteroatoms. The minimum atomic E-state index is -0.444. The van der Waals surface area contributed by atoms with Crippen molar-refractivity contribution in [2.24, 2.45) is 0 Å². The van der Waals surface area contributed by atoms with Gasteiger partial charge in [-0.2, -0.15) is 0 Å². The number of fused-ring (bicyclic) bond motifs is 9. The molecule has 0 radical (unpaired) electrons. The maximum Gasteiger partial charge on any atom is 0.164 e. The van der Waals surface area contributed by atoms with Crippen molar-refractivity contribution in [1.29, 1.82) is 0 Å². The summed E-state index contributed by atoms with van der Waals surface area (Å²) in [5.74, 6) is 1.93. The Labute approximate surface area is 389 Å². The molecule has 1 heterocycles. The van der Waals surface area contributed by atoms with Gasteiger partial charge in [0.25, 0.3) is 0 Å². The lowest BCUT2D eigenvalue weighted by atomic mass is 9.67. The van der Waals surface area contributed by atoms with E-state index in [4.69, 9.17) is 15.0 Å². The zero-order chi connectivity index (χ0) is 44.3. The number of nitrogens with zero attached hydrogens (tertiary/aromatic N) is 3. The summed E-state index contributed by atoms with van der Waals surface area (Å²) in [4.78, 5) is 15.0. The largest absolute Gasteiger partial charge is 0.208 e. The van der Waals surface area contributed by atoms with Crippen LogP contribution in [0.2, 0.25) is 0 Å². The van der Waals surface area contributed by atoms with E-state index in [1.54, 1.807) is 0 Å². The third kappa shape index (κ3) is 6.24. The lowest BCUT2D eigenvalue weighted by Gasteiger charge is -2.33. The van der Waals surface area contributed by atoms with Crippen molar-refractivity contribution in [2.45, 2.75) is 5.41 Å². The molecule has 1 aliphatic carbocycles. The fraction of sp³-hybridized carbons (Fsp3) is 0.0156. The summed E-state index contributed by atoms with van der Waals surface area (Å²) in [7, 11) is 0. The summed E-state index contributed by atoms with van der Waals surface area (Å²) in [6.45, 7) is 0. The summed E-state index contributed by atoms with van der Waals surface area (Å²) in [6.07, 6.45) is 0. The SMILES string of the molecule is c1ccc(-c2nc(-c3ccccc3)nc(-c3cccc(-c4ccc5c(c4)c4ccccc4c4cccc(-c6ccc7c(c6)-c6ccccc6C7(c6ccccc6)c6ccccc6)c45)c3)n2)cc1. The van der Waals surface area contributed by atoms with Crippen molar-refractivity contribution in [2.75, 3.05) is 0 Å². The molecule has 0 saturated heterocycles. The van der Waals surface area contributed by atoms with Gasteiger partial charge in [-0.15, -0.1) is 0 Å². The molecule has 1 aromatic heterocycles. The molecule has 0 atom stereocenters. The molecule has 3 nitrogen and oxygen atoms in total. The first-order valence-electron chi connectivity index (χ1n) is 22.9. The number of hydrogen-bond donors (Lipinski definition) is 0. The topological polar surface area (TPSA) is 38.7 Å². The number of aromatic nitrogens is 3. The number of rotatable bonds is 7. The van der Waals surface area contributed by atoms with Gasteiger partial charge >= 0.3 is 0 Å². The predicted octanol–water partition coefficient (Wildman–Crippen LogP) is 16.0. The van der Waals surface area contributed by atoms with Crippen molar-refractivity contribution in [1.82, 2.24) is 15.0 Å². The van der Waals surface area contributed by atoms with Crippen molar-refractivity contribution in [3.63, 3.8) is 0 Å². The van der Waals surface area contributed by atoms with Crippen molar-refractivity contribution in [3.05, 3.63) is 271 Å². The zero-order valence-corrected chi connectivity index (χ0v) is 36.5. The summed E-state index contributed by atoms with van der Waals surface area (Å²) in [6, 6.07) is 89.8. The number of benzene rings is 11. The molecule has 0 saturated carbocycles. The third-order valence-electron chi connectivity index (χ3n) is 13.8. The van der Waals surface area contributed by atoms with E-state index in [0.717, 1.165) is 27.8 Å². The maximum absolute atomic E-state index is 5.05. The van der Waals surface area contributed by atoms with Crippen molar-refractivity contribution >= 4 is 32.3 Å². The Hall–Kier alpha value is -8.79. The Balaban J connectivity index is 0.977. The molecule has 0 fully saturated rings. The van der Waals surface area contributed by atoms with E-state index in [2.05, 4.69) is 188 Å². The van der Waals surface area contributed by atoms with Gasteiger partial charge in [0, 0.05) is 16.7 Å². The highest BCUT2D eigenvalue weighted by molar-refractivity contribution is 6.29. The van der Waals surface area contributed by atoms with E-state index in [0.29, 0.717) is 17.5 Å². The molecule has 12 aromatic rings. The summed E-state index contributed by atoms with van der Waals surface area (Å²) >= 11 is 0. The third-order valence-corrected chi connectivity index (χ3v) is 13.8. The van der Waals surface area contributed by atoms with Gasteiger partial charge < -0.3 is 0 Å². The molecule has 0 aliphatic heterocycles. The summed E-state index contributed by atoms with van der Waals surface area (Å²) in [5.41, 5.74) is 14.7. The second-order valence-electron chi connectivity index (χ2n) is 17.4. The van der Waals surface area contributed by atoms with Crippen molar-refractivity contribution < 1.29 is 0 Å². The summed E-state index contributed by atoms with van der Waals surface area (Å²) < 4.78 is 0. The van der Waals surface area contributed by atoms with Gasteiger partial charge in [0.05, 0.1) is 5.41 Å². The molecular weight excluding hydrogens is 811 g/mol.